The van der Waals surface area contributed by atoms with Crippen molar-refractivity contribution in [2.75, 3.05) is 26.2 Å². The molecule has 7 heteroatoms. The number of likely N-dealkylation sites (tertiary alicyclic amines) is 1. The molecule has 1 aromatic carbocycles. The van der Waals surface area contributed by atoms with Gasteiger partial charge < -0.3 is 20.7 Å². The Morgan fingerprint density at radius 3 is 2.44 bits per heavy atom. The van der Waals surface area contributed by atoms with Gasteiger partial charge >= 0.3 is 0 Å². The number of rotatable bonds is 8. The monoisotopic (exact) mass is 397 g/mol. The lowest BCUT2D eigenvalue weighted by molar-refractivity contribution is -0.134. The van der Waals surface area contributed by atoms with E-state index in [2.05, 4.69) is 5.32 Å². The molecule has 0 aliphatic carbocycles. The first-order valence-electron chi connectivity index (χ1n) is 9.42. The summed E-state index contributed by atoms with van der Waals surface area (Å²) in [6.45, 7) is 6.23. The van der Waals surface area contributed by atoms with Crippen molar-refractivity contribution in [2.45, 2.75) is 51.7 Å². The Kier molecular flexibility index (Phi) is 10.4. The summed E-state index contributed by atoms with van der Waals surface area (Å²) in [6.07, 6.45) is 3.07. The van der Waals surface area contributed by atoms with Gasteiger partial charge in [-0.2, -0.15) is 0 Å². The van der Waals surface area contributed by atoms with Crippen LogP contribution < -0.4 is 11.1 Å². The Balaban J connectivity index is 0.00000364. The van der Waals surface area contributed by atoms with Crippen molar-refractivity contribution >= 4 is 24.2 Å². The minimum Gasteiger partial charge on any atom is -0.378 e. The Labute approximate surface area is 168 Å². The average molecular weight is 398 g/mol. The van der Waals surface area contributed by atoms with Gasteiger partial charge in [-0.3, -0.25) is 9.59 Å². The van der Waals surface area contributed by atoms with Crippen LogP contribution in [-0.2, 0) is 14.3 Å². The zero-order chi connectivity index (χ0) is 18.9. The number of hydrogen-bond acceptors (Lipinski definition) is 4. The highest BCUT2D eigenvalue weighted by molar-refractivity contribution is 5.85. The number of halogens is 1. The molecule has 0 saturated carbocycles. The van der Waals surface area contributed by atoms with Gasteiger partial charge in [0.2, 0.25) is 11.8 Å². The second kappa shape index (κ2) is 12.0. The molecule has 0 aromatic heterocycles. The highest BCUT2D eigenvalue weighted by Crippen LogP contribution is 2.21. The third-order valence-corrected chi connectivity index (χ3v) is 4.73. The molecule has 1 heterocycles. The van der Waals surface area contributed by atoms with E-state index in [-0.39, 0.29) is 42.8 Å². The van der Waals surface area contributed by atoms with E-state index in [0.29, 0.717) is 26.2 Å². The lowest BCUT2D eigenvalue weighted by Crippen LogP contribution is -2.42. The molecule has 1 aromatic rings. The number of nitrogens with one attached hydrogen (secondary N) is 1. The van der Waals surface area contributed by atoms with Crippen LogP contribution >= 0.6 is 12.4 Å². The fourth-order valence-electron chi connectivity index (χ4n) is 3.21. The predicted octanol–water partition coefficient (Wildman–Crippen LogP) is 2.34. The molecular weight excluding hydrogens is 366 g/mol. The van der Waals surface area contributed by atoms with E-state index in [0.717, 1.165) is 30.4 Å². The molecule has 1 aliphatic rings. The maximum absolute atomic E-state index is 12.7. The van der Waals surface area contributed by atoms with E-state index in [1.54, 1.807) is 0 Å². The Bertz CT molecular complexity index is 587. The number of hydrogen-bond donors (Lipinski definition) is 2. The van der Waals surface area contributed by atoms with Gasteiger partial charge in [-0.1, -0.05) is 29.8 Å². The molecule has 27 heavy (non-hydrogen) atoms. The van der Waals surface area contributed by atoms with E-state index in [4.69, 9.17) is 10.5 Å². The van der Waals surface area contributed by atoms with Crippen LogP contribution in [0.15, 0.2) is 24.3 Å². The first-order valence-corrected chi connectivity index (χ1v) is 9.42. The van der Waals surface area contributed by atoms with E-state index in [9.17, 15) is 9.59 Å². The fourth-order valence-corrected chi connectivity index (χ4v) is 3.21. The Hall–Kier alpha value is -1.63. The maximum atomic E-state index is 12.7. The Morgan fingerprint density at radius 2 is 1.89 bits per heavy atom. The van der Waals surface area contributed by atoms with Crippen molar-refractivity contribution in [1.29, 1.82) is 0 Å². The number of nitrogens with zero attached hydrogens (tertiary/aromatic N) is 1. The van der Waals surface area contributed by atoms with Gasteiger partial charge in [0.1, 0.15) is 0 Å². The number of carbonyl (C=O) groups excluding carboxylic acids is 2. The normalized spacial score (nSPS) is 15.7. The standard InChI is InChI=1S/C20H31N3O3.ClH/c1-15-4-6-17(7-5-15)19(22-16(2)24)14-20(25)23-11-8-18(9-12-23)26-13-3-10-21;/h4-7,18-19H,3,8-14,21H2,1-2H3,(H,22,24);1H. The molecule has 0 spiro atoms. The lowest BCUT2D eigenvalue weighted by atomic mass is 10.0. The van der Waals surface area contributed by atoms with Gasteiger partial charge in [-0.05, 0) is 38.3 Å². The number of piperidine rings is 1. The smallest absolute Gasteiger partial charge is 0.224 e. The predicted molar refractivity (Wildman–Crippen MR) is 109 cm³/mol. The molecule has 3 N–H and O–H groups in total. The van der Waals surface area contributed by atoms with Gasteiger partial charge in [-0.15, -0.1) is 12.4 Å². The van der Waals surface area contributed by atoms with E-state index in [1.165, 1.54) is 6.92 Å². The highest BCUT2D eigenvalue weighted by atomic mass is 35.5. The molecule has 0 radical (unpaired) electrons. The van der Waals surface area contributed by atoms with Gasteiger partial charge in [0.25, 0.3) is 0 Å². The third-order valence-electron chi connectivity index (χ3n) is 4.73. The van der Waals surface area contributed by atoms with Crippen molar-refractivity contribution in [1.82, 2.24) is 10.2 Å². The summed E-state index contributed by atoms with van der Waals surface area (Å²) in [6, 6.07) is 7.65. The molecule has 1 saturated heterocycles. The van der Waals surface area contributed by atoms with Crippen LogP contribution in [-0.4, -0.2) is 49.1 Å². The minimum absolute atomic E-state index is 0. The summed E-state index contributed by atoms with van der Waals surface area (Å²) in [7, 11) is 0. The van der Waals surface area contributed by atoms with Crippen LogP contribution in [0.1, 0.15) is 49.8 Å². The molecule has 1 atom stereocenters. The summed E-state index contributed by atoms with van der Waals surface area (Å²) >= 11 is 0. The quantitative estimate of drug-likeness (QED) is 0.659. The van der Waals surface area contributed by atoms with Crippen LogP contribution in [0.25, 0.3) is 0 Å². The van der Waals surface area contributed by atoms with Crippen molar-refractivity contribution in [3.8, 4) is 0 Å². The fraction of sp³-hybridized carbons (Fsp3) is 0.600. The molecule has 152 valence electrons. The van der Waals surface area contributed by atoms with Crippen LogP contribution in [0, 0.1) is 6.92 Å². The van der Waals surface area contributed by atoms with Crippen molar-refractivity contribution in [3.63, 3.8) is 0 Å². The molecular formula is C20H32ClN3O3. The molecule has 2 amide bonds. The second-order valence-corrected chi connectivity index (χ2v) is 6.96. The van der Waals surface area contributed by atoms with E-state index < -0.39 is 0 Å². The summed E-state index contributed by atoms with van der Waals surface area (Å²) in [5.41, 5.74) is 7.59. The maximum Gasteiger partial charge on any atom is 0.224 e. The number of carbonyl (C=O) groups is 2. The third kappa shape index (κ3) is 7.87. The van der Waals surface area contributed by atoms with Crippen LogP contribution in [0.5, 0.6) is 0 Å². The summed E-state index contributed by atoms with van der Waals surface area (Å²) in [5.74, 6) is -0.0554. The van der Waals surface area contributed by atoms with Gasteiger partial charge in [0.15, 0.2) is 0 Å². The summed E-state index contributed by atoms with van der Waals surface area (Å²) < 4.78 is 5.79. The number of amides is 2. The zero-order valence-electron chi connectivity index (χ0n) is 16.3. The topological polar surface area (TPSA) is 84.7 Å². The summed E-state index contributed by atoms with van der Waals surface area (Å²) in [4.78, 5) is 26.2. The largest absolute Gasteiger partial charge is 0.378 e. The van der Waals surface area contributed by atoms with Gasteiger partial charge in [-0.25, -0.2) is 0 Å². The van der Waals surface area contributed by atoms with Gasteiger partial charge in [0, 0.05) is 26.6 Å². The molecule has 1 aliphatic heterocycles. The van der Waals surface area contributed by atoms with Crippen LogP contribution in [0.4, 0.5) is 0 Å². The molecule has 2 rings (SSSR count). The highest BCUT2D eigenvalue weighted by Gasteiger charge is 2.26. The number of aryl methyl sites for hydroxylation is 1. The zero-order valence-corrected chi connectivity index (χ0v) is 17.1. The first kappa shape index (κ1) is 23.4. The minimum atomic E-state index is -0.292. The van der Waals surface area contributed by atoms with Crippen LogP contribution in [0.2, 0.25) is 0 Å². The second-order valence-electron chi connectivity index (χ2n) is 6.96. The van der Waals surface area contributed by atoms with E-state index >= 15 is 0 Å². The lowest BCUT2D eigenvalue weighted by Gasteiger charge is -2.33. The molecule has 6 nitrogen and oxygen atoms in total. The van der Waals surface area contributed by atoms with Crippen LogP contribution in [0.3, 0.4) is 0 Å². The number of ether oxygens (including phenoxy) is 1. The van der Waals surface area contributed by atoms with Gasteiger partial charge in [0.05, 0.1) is 18.6 Å². The SMILES string of the molecule is CC(=O)NC(CC(=O)N1CCC(OCCCN)CC1)c1ccc(C)cc1.Cl. The molecule has 0 bridgehead atoms. The summed E-state index contributed by atoms with van der Waals surface area (Å²) in [5, 5.41) is 2.91. The number of nitrogens with two attached hydrogens (primary N) is 1. The Morgan fingerprint density at radius 1 is 1.26 bits per heavy atom. The molecule has 1 fully saturated rings. The average Bonchev–Trinajstić information content (AvgIpc) is 2.62. The van der Waals surface area contributed by atoms with Crippen molar-refractivity contribution in [3.05, 3.63) is 35.4 Å². The van der Waals surface area contributed by atoms with Crippen molar-refractivity contribution < 1.29 is 14.3 Å². The number of benzene rings is 1. The first-order chi connectivity index (χ1) is 12.5. The molecule has 1 unspecified atom stereocenters. The van der Waals surface area contributed by atoms with Crippen molar-refractivity contribution in [2.24, 2.45) is 5.73 Å². The van der Waals surface area contributed by atoms with E-state index in [1.807, 2.05) is 36.1 Å².